The summed E-state index contributed by atoms with van der Waals surface area (Å²) >= 11 is 1.72. The molecule has 4 heteroatoms. The lowest BCUT2D eigenvalue weighted by Gasteiger charge is -2.05. The highest BCUT2D eigenvalue weighted by atomic mass is 32.2. The van der Waals surface area contributed by atoms with Gasteiger partial charge in [0.2, 0.25) is 0 Å². The van der Waals surface area contributed by atoms with Gasteiger partial charge in [0.25, 0.3) is 0 Å². The van der Waals surface area contributed by atoms with Crippen molar-refractivity contribution in [3.8, 4) is 5.75 Å². The average Bonchev–Trinajstić information content (AvgIpc) is 2.53. The predicted molar refractivity (Wildman–Crippen MR) is 80.3 cm³/mol. The zero-order valence-corrected chi connectivity index (χ0v) is 12.3. The molecule has 104 valence electrons. The second-order valence-corrected chi connectivity index (χ2v) is 5.20. The molecule has 0 aliphatic heterocycles. The predicted octanol–water partition coefficient (Wildman–Crippen LogP) is 3.77. The highest BCUT2D eigenvalue weighted by Crippen LogP contribution is 2.24. The lowest BCUT2D eigenvalue weighted by Crippen LogP contribution is -2.00. The van der Waals surface area contributed by atoms with Crippen molar-refractivity contribution in [3.05, 3.63) is 59.7 Å². The number of carbonyl (C=O) groups excluding carboxylic acids is 1. The zero-order valence-electron chi connectivity index (χ0n) is 11.5. The van der Waals surface area contributed by atoms with E-state index in [-0.39, 0.29) is 5.97 Å². The van der Waals surface area contributed by atoms with E-state index in [1.165, 1.54) is 12.7 Å². The Morgan fingerprint density at radius 2 is 1.65 bits per heavy atom. The van der Waals surface area contributed by atoms with Crippen LogP contribution in [-0.2, 0) is 10.5 Å². The molecule has 2 aromatic rings. The van der Waals surface area contributed by atoms with Crippen molar-refractivity contribution in [1.29, 1.82) is 0 Å². The van der Waals surface area contributed by atoms with Crippen LogP contribution < -0.4 is 4.74 Å². The number of thioether (sulfide) groups is 1. The quantitative estimate of drug-likeness (QED) is 0.619. The third kappa shape index (κ3) is 3.78. The SMILES string of the molecule is COC(=O)c1ccc(SCc2ccc(OC)cc2)cc1. The number of hydrogen-bond acceptors (Lipinski definition) is 4. The molecule has 20 heavy (non-hydrogen) atoms. The number of esters is 1. The lowest BCUT2D eigenvalue weighted by atomic mass is 10.2. The number of methoxy groups -OCH3 is 2. The zero-order chi connectivity index (χ0) is 14.4. The summed E-state index contributed by atoms with van der Waals surface area (Å²) in [6, 6.07) is 15.4. The fourth-order valence-electron chi connectivity index (χ4n) is 1.69. The number of ether oxygens (including phenoxy) is 2. The molecule has 0 spiro atoms. The summed E-state index contributed by atoms with van der Waals surface area (Å²) in [6.45, 7) is 0. The first-order valence-electron chi connectivity index (χ1n) is 6.17. The van der Waals surface area contributed by atoms with E-state index in [4.69, 9.17) is 4.74 Å². The molecule has 0 saturated heterocycles. The van der Waals surface area contributed by atoms with Gasteiger partial charge in [0, 0.05) is 10.6 Å². The van der Waals surface area contributed by atoms with E-state index < -0.39 is 0 Å². The van der Waals surface area contributed by atoms with Gasteiger partial charge in [-0.05, 0) is 42.0 Å². The van der Waals surface area contributed by atoms with Gasteiger partial charge in [-0.2, -0.15) is 0 Å². The van der Waals surface area contributed by atoms with Crippen LogP contribution in [0.5, 0.6) is 5.75 Å². The first-order chi connectivity index (χ1) is 9.72. The van der Waals surface area contributed by atoms with E-state index in [1.807, 2.05) is 24.3 Å². The molecule has 0 unspecified atom stereocenters. The summed E-state index contributed by atoms with van der Waals surface area (Å²) in [6.07, 6.45) is 0. The molecule has 0 heterocycles. The number of rotatable bonds is 5. The number of carbonyl (C=O) groups is 1. The molecule has 0 N–H and O–H groups in total. The van der Waals surface area contributed by atoms with Crippen molar-refractivity contribution >= 4 is 17.7 Å². The van der Waals surface area contributed by atoms with Crippen LogP contribution in [0.1, 0.15) is 15.9 Å². The smallest absolute Gasteiger partial charge is 0.337 e. The summed E-state index contributed by atoms with van der Waals surface area (Å²) in [5.74, 6) is 1.43. The molecular formula is C16H16O3S. The van der Waals surface area contributed by atoms with Crippen molar-refractivity contribution in [2.75, 3.05) is 14.2 Å². The standard InChI is InChI=1S/C16H16O3S/c1-18-14-7-3-12(4-8-14)11-20-15-9-5-13(6-10-15)16(17)19-2/h3-10H,11H2,1-2H3. The normalized spacial score (nSPS) is 10.1. The number of hydrogen-bond donors (Lipinski definition) is 0. The maximum atomic E-state index is 11.3. The average molecular weight is 288 g/mol. The molecule has 0 radical (unpaired) electrons. The van der Waals surface area contributed by atoms with E-state index in [9.17, 15) is 4.79 Å². The van der Waals surface area contributed by atoms with Gasteiger partial charge in [-0.3, -0.25) is 0 Å². The first-order valence-corrected chi connectivity index (χ1v) is 7.15. The topological polar surface area (TPSA) is 35.5 Å². The van der Waals surface area contributed by atoms with Gasteiger partial charge >= 0.3 is 5.97 Å². The Bertz CT molecular complexity index is 561. The third-order valence-corrected chi connectivity index (χ3v) is 3.92. The highest BCUT2D eigenvalue weighted by molar-refractivity contribution is 7.98. The maximum Gasteiger partial charge on any atom is 0.337 e. The molecule has 3 nitrogen and oxygen atoms in total. The molecule has 2 rings (SSSR count). The number of benzene rings is 2. The fraction of sp³-hybridized carbons (Fsp3) is 0.188. The summed E-state index contributed by atoms with van der Waals surface area (Å²) < 4.78 is 9.80. The van der Waals surface area contributed by atoms with E-state index in [0.29, 0.717) is 5.56 Å². The lowest BCUT2D eigenvalue weighted by molar-refractivity contribution is 0.0600. The Hall–Kier alpha value is -1.94. The molecule has 0 aliphatic carbocycles. The van der Waals surface area contributed by atoms with Crippen LogP contribution >= 0.6 is 11.8 Å². The maximum absolute atomic E-state index is 11.3. The van der Waals surface area contributed by atoms with Gasteiger partial charge < -0.3 is 9.47 Å². The summed E-state index contributed by atoms with van der Waals surface area (Å²) in [7, 11) is 3.04. The minimum absolute atomic E-state index is 0.309. The van der Waals surface area contributed by atoms with Gasteiger partial charge in [0.15, 0.2) is 0 Å². The highest BCUT2D eigenvalue weighted by Gasteiger charge is 2.04. The summed E-state index contributed by atoms with van der Waals surface area (Å²) in [4.78, 5) is 12.4. The van der Waals surface area contributed by atoms with Gasteiger partial charge in [-0.15, -0.1) is 11.8 Å². The van der Waals surface area contributed by atoms with Crippen molar-refractivity contribution in [1.82, 2.24) is 0 Å². The molecule has 0 fully saturated rings. The van der Waals surface area contributed by atoms with E-state index in [1.54, 1.807) is 31.0 Å². The molecule has 0 aromatic heterocycles. The molecule has 0 amide bonds. The molecule has 0 atom stereocenters. The van der Waals surface area contributed by atoms with Gasteiger partial charge in [0.05, 0.1) is 19.8 Å². The fourth-order valence-corrected chi connectivity index (χ4v) is 2.55. The van der Waals surface area contributed by atoms with Gasteiger partial charge in [-0.25, -0.2) is 4.79 Å². The summed E-state index contributed by atoms with van der Waals surface area (Å²) in [5, 5.41) is 0. The van der Waals surface area contributed by atoms with Crippen molar-refractivity contribution in [3.63, 3.8) is 0 Å². The Labute approximate surface area is 122 Å². The molecule has 2 aromatic carbocycles. The Morgan fingerprint density at radius 3 is 2.20 bits per heavy atom. The minimum atomic E-state index is -0.309. The Morgan fingerprint density at radius 1 is 1.00 bits per heavy atom. The van der Waals surface area contributed by atoms with E-state index in [2.05, 4.69) is 16.9 Å². The van der Waals surface area contributed by atoms with Gasteiger partial charge in [-0.1, -0.05) is 12.1 Å². The molecule has 0 bridgehead atoms. The monoisotopic (exact) mass is 288 g/mol. The minimum Gasteiger partial charge on any atom is -0.497 e. The van der Waals surface area contributed by atoms with Crippen LogP contribution in [0.25, 0.3) is 0 Å². The van der Waals surface area contributed by atoms with Crippen LogP contribution in [0.2, 0.25) is 0 Å². The van der Waals surface area contributed by atoms with Crippen molar-refractivity contribution < 1.29 is 14.3 Å². The van der Waals surface area contributed by atoms with E-state index >= 15 is 0 Å². The Kier molecular flexibility index (Phi) is 5.07. The third-order valence-electron chi connectivity index (χ3n) is 2.84. The second-order valence-electron chi connectivity index (χ2n) is 4.15. The van der Waals surface area contributed by atoms with Crippen LogP contribution in [-0.4, -0.2) is 20.2 Å². The van der Waals surface area contributed by atoms with Gasteiger partial charge in [0.1, 0.15) is 5.75 Å². The Balaban J connectivity index is 1.94. The van der Waals surface area contributed by atoms with Crippen LogP contribution in [0.3, 0.4) is 0 Å². The van der Waals surface area contributed by atoms with Crippen molar-refractivity contribution in [2.45, 2.75) is 10.6 Å². The van der Waals surface area contributed by atoms with Crippen LogP contribution in [0, 0.1) is 0 Å². The van der Waals surface area contributed by atoms with E-state index in [0.717, 1.165) is 16.4 Å². The molecule has 0 aliphatic rings. The van der Waals surface area contributed by atoms with Crippen LogP contribution in [0.15, 0.2) is 53.4 Å². The van der Waals surface area contributed by atoms with Crippen molar-refractivity contribution in [2.24, 2.45) is 0 Å². The summed E-state index contributed by atoms with van der Waals surface area (Å²) in [5.41, 5.74) is 1.80. The second kappa shape index (κ2) is 7.01. The molecular weight excluding hydrogens is 272 g/mol. The van der Waals surface area contributed by atoms with Crippen LogP contribution in [0.4, 0.5) is 0 Å². The molecule has 0 saturated carbocycles. The first kappa shape index (κ1) is 14.5. The largest absolute Gasteiger partial charge is 0.497 e.